The minimum Gasteiger partial charge on any atom is -0.380 e. The second-order valence-corrected chi connectivity index (χ2v) is 7.63. The molecule has 4 rings (SSSR count). The van der Waals surface area contributed by atoms with Crippen LogP contribution in [0.25, 0.3) is 11.2 Å². The third kappa shape index (κ3) is 3.09. The molecule has 1 saturated carbocycles. The third-order valence-electron chi connectivity index (χ3n) is 6.01. The average Bonchev–Trinajstić information content (AvgIpc) is 3.09. The summed E-state index contributed by atoms with van der Waals surface area (Å²) in [6, 6.07) is 0.524. The van der Waals surface area contributed by atoms with Crippen molar-refractivity contribution >= 4 is 17.1 Å². The Hall–Kier alpha value is -2.09. The predicted molar refractivity (Wildman–Crippen MR) is 103 cm³/mol. The minimum absolute atomic E-state index is 0.221. The lowest BCUT2D eigenvalue weighted by Crippen LogP contribution is -2.53. The topological polar surface area (TPSA) is 76.1 Å². The van der Waals surface area contributed by atoms with Crippen LogP contribution in [0.4, 0.5) is 5.95 Å². The van der Waals surface area contributed by atoms with Crippen LogP contribution in [0, 0.1) is 0 Å². The molecule has 27 heavy (non-hydrogen) atoms. The van der Waals surface area contributed by atoms with E-state index in [0.29, 0.717) is 30.4 Å². The number of aromatic nitrogens is 4. The Labute approximate surface area is 158 Å². The van der Waals surface area contributed by atoms with Gasteiger partial charge in [-0.3, -0.25) is 18.8 Å². The summed E-state index contributed by atoms with van der Waals surface area (Å²) >= 11 is 0. The first kappa shape index (κ1) is 18.3. The molecule has 8 nitrogen and oxygen atoms in total. The Morgan fingerprint density at radius 3 is 2.70 bits per heavy atom. The monoisotopic (exact) mass is 376 g/mol. The second kappa shape index (κ2) is 7.50. The molecule has 0 unspecified atom stereocenters. The van der Waals surface area contributed by atoms with Crippen molar-refractivity contribution in [1.29, 1.82) is 0 Å². The molecule has 1 N–H and O–H groups in total. The van der Waals surface area contributed by atoms with Crippen molar-refractivity contribution in [3.8, 4) is 0 Å². The molecule has 2 aromatic heterocycles. The summed E-state index contributed by atoms with van der Waals surface area (Å²) in [5.74, 6) is 0.984. The third-order valence-corrected chi connectivity index (χ3v) is 6.01. The maximum absolute atomic E-state index is 13.1. The first-order valence-electron chi connectivity index (χ1n) is 10.2. The van der Waals surface area contributed by atoms with Crippen LogP contribution in [0.2, 0.25) is 0 Å². The van der Waals surface area contributed by atoms with Crippen LogP contribution in [0.3, 0.4) is 0 Å². The van der Waals surface area contributed by atoms with Crippen LogP contribution in [0.1, 0.15) is 45.4 Å². The first-order valence-corrected chi connectivity index (χ1v) is 10.2. The molecule has 8 heteroatoms. The van der Waals surface area contributed by atoms with Gasteiger partial charge in [-0.2, -0.15) is 0 Å². The Morgan fingerprint density at radius 2 is 1.96 bits per heavy atom. The van der Waals surface area contributed by atoms with Crippen LogP contribution in [-0.2, 0) is 24.9 Å². The van der Waals surface area contributed by atoms with Gasteiger partial charge in [0.2, 0.25) is 11.2 Å². The fourth-order valence-electron chi connectivity index (χ4n) is 4.61. The molecule has 0 saturated heterocycles. The number of hydrogen-bond donors (Lipinski definition) is 1. The number of H-pyrrole nitrogens is 1. The van der Waals surface area contributed by atoms with Gasteiger partial charge in [0.15, 0.2) is 0 Å². The van der Waals surface area contributed by atoms with Crippen molar-refractivity contribution in [3.63, 3.8) is 0 Å². The van der Waals surface area contributed by atoms with Gasteiger partial charge in [0.25, 0.3) is 5.56 Å². The highest BCUT2D eigenvalue weighted by molar-refractivity contribution is 5.68. The Morgan fingerprint density at radius 1 is 1.19 bits per heavy atom. The number of aryl methyl sites for hydroxylation is 2. The molecule has 0 aromatic carbocycles. The molecule has 0 radical (unpaired) electrons. The van der Waals surface area contributed by atoms with Gasteiger partial charge >= 0.3 is 11.6 Å². The second-order valence-electron chi connectivity index (χ2n) is 7.63. The van der Waals surface area contributed by atoms with Gasteiger partial charge < -0.3 is 4.74 Å². The normalized spacial score (nSPS) is 18.2. The van der Waals surface area contributed by atoms with Crippen molar-refractivity contribution in [2.45, 2.75) is 64.6 Å². The summed E-state index contributed by atoms with van der Waals surface area (Å²) in [6.07, 6.45) is 7.27. The number of fused-ring (bicyclic) bond motifs is 3. The van der Waals surface area contributed by atoms with Crippen LogP contribution >= 0.6 is 0 Å². The van der Waals surface area contributed by atoms with Crippen LogP contribution in [0.15, 0.2) is 9.59 Å². The summed E-state index contributed by atoms with van der Waals surface area (Å²) in [6.45, 7) is 4.93. The Bertz CT molecular complexity index is 935. The fraction of sp³-hybridized carbons (Fsp3) is 0.737. The molecule has 0 atom stereocenters. The van der Waals surface area contributed by atoms with Crippen molar-refractivity contribution < 1.29 is 9.30 Å². The zero-order valence-electron chi connectivity index (χ0n) is 16.4. The van der Waals surface area contributed by atoms with Gasteiger partial charge in [-0.05, 0) is 19.8 Å². The van der Waals surface area contributed by atoms with E-state index in [0.717, 1.165) is 25.5 Å². The van der Waals surface area contributed by atoms with E-state index in [-0.39, 0.29) is 17.8 Å². The lowest BCUT2D eigenvalue weighted by Gasteiger charge is -2.32. The first-order chi connectivity index (χ1) is 13.1. The summed E-state index contributed by atoms with van der Waals surface area (Å²) in [5.41, 5.74) is 0.705. The largest absolute Gasteiger partial charge is 0.380 e. The molecular weight excluding hydrogens is 346 g/mol. The maximum atomic E-state index is 13.1. The van der Waals surface area contributed by atoms with E-state index in [1.165, 1.54) is 36.7 Å². The molecule has 2 aliphatic rings. The van der Waals surface area contributed by atoms with Crippen molar-refractivity contribution in [1.82, 2.24) is 14.1 Å². The maximum Gasteiger partial charge on any atom is 0.359 e. The summed E-state index contributed by atoms with van der Waals surface area (Å²) in [7, 11) is 1.73. The molecule has 0 spiro atoms. The van der Waals surface area contributed by atoms with Gasteiger partial charge in [0.05, 0.1) is 32.3 Å². The van der Waals surface area contributed by atoms with Crippen molar-refractivity contribution in [3.05, 3.63) is 20.8 Å². The highest BCUT2D eigenvalue weighted by Crippen LogP contribution is 2.27. The lowest BCUT2D eigenvalue weighted by atomic mass is 9.94. The molecule has 2 aromatic rings. The number of hydrogen-bond acceptors (Lipinski definition) is 4. The molecular formula is C19H30N5O3+. The molecule has 0 amide bonds. The fourth-order valence-corrected chi connectivity index (χ4v) is 4.61. The minimum atomic E-state index is -0.296. The number of aromatic amines is 1. The zero-order chi connectivity index (χ0) is 19.0. The van der Waals surface area contributed by atoms with Crippen LogP contribution < -0.4 is 20.7 Å². The van der Waals surface area contributed by atoms with E-state index in [9.17, 15) is 9.59 Å². The van der Waals surface area contributed by atoms with E-state index in [1.807, 2.05) is 6.92 Å². The lowest BCUT2D eigenvalue weighted by molar-refractivity contribution is -0.663. The summed E-state index contributed by atoms with van der Waals surface area (Å²) in [4.78, 5) is 31.7. The van der Waals surface area contributed by atoms with Gasteiger partial charge in [0, 0.05) is 20.1 Å². The van der Waals surface area contributed by atoms with Gasteiger partial charge in [-0.1, -0.05) is 19.3 Å². The number of ether oxygens (including phenoxy) is 1. The molecule has 0 bridgehead atoms. The Kier molecular flexibility index (Phi) is 5.08. The van der Waals surface area contributed by atoms with E-state index >= 15 is 0 Å². The molecule has 148 valence electrons. The van der Waals surface area contributed by atoms with Gasteiger partial charge in [-0.15, -0.1) is 0 Å². The highest BCUT2D eigenvalue weighted by Gasteiger charge is 2.36. The summed E-state index contributed by atoms with van der Waals surface area (Å²) < 4.78 is 10.3. The SMILES string of the molecule is CCOCCn1c(=O)c2c([nH]c3[n+]2CCCN3C2CCCCC2)n(C)c1=O. The smallest absolute Gasteiger partial charge is 0.359 e. The summed E-state index contributed by atoms with van der Waals surface area (Å²) in [5, 5.41) is 0. The number of rotatable bonds is 5. The molecule has 1 aliphatic carbocycles. The standard InChI is InChI=1S/C19H29N5O3/c1-3-27-13-12-24-17(25)15-16(21(2)19(24)26)20-18-22(10-7-11-23(15)18)14-8-5-4-6-9-14/h14H,3-13H2,1-2H3/p+1. The number of nitrogens with zero attached hydrogens (tertiary/aromatic N) is 4. The quantitative estimate of drug-likeness (QED) is 0.621. The van der Waals surface area contributed by atoms with Gasteiger partial charge in [0.1, 0.15) is 0 Å². The molecule has 3 heterocycles. The molecule has 1 fully saturated rings. The Balaban J connectivity index is 1.82. The number of imidazole rings is 1. The average molecular weight is 376 g/mol. The number of nitrogens with one attached hydrogen (secondary N) is 1. The van der Waals surface area contributed by atoms with Gasteiger partial charge in [-0.25, -0.2) is 14.3 Å². The molecule has 1 aliphatic heterocycles. The van der Waals surface area contributed by atoms with Crippen molar-refractivity contribution in [2.24, 2.45) is 7.05 Å². The van der Waals surface area contributed by atoms with E-state index in [4.69, 9.17) is 4.74 Å². The highest BCUT2D eigenvalue weighted by atomic mass is 16.5. The number of anilines is 1. The zero-order valence-corrected chi connectivity index (χ0v) is 16.4. The van der Waals surface area contributed by atoms with Crippen molar-refractivity contribution in [2.75, 3.05) is 24.7 Å². The predicted octanol–water partition coefficient (Wildman–Crippen LogP) is 0.895. The van der Waals surface area contributed by atoms with Crippen LogP contribution in [0.5, 0.6) is 0 Å². The van der Waals surface area contributed by atoms with E-state index in [2.05, 4.69) is 14.5 Å². The van der Waals surface area contributed by atoms with Crippen LogP contribution in [-0.4, -0.2) is 39.9 Å². The van der Waals surface area contributed by atoms with E-state index < -0.39 is 0 Å². The van der Waals surface area contributed by atoms with E-state index in [1.54, 1.807) is 11.6 Å².